The van der Waals surface area contributed by atoms with Gasteiger partial charge in [0.2, 0.25) is 5.91 Å². The fourth-order valence-electron chi connectivity index (χ4n) is 3.06. The van der Waals surface area contributed by atoms with Crippen LogP contribution >= 0.6 is 11.6 Å². The lowest BCUT2D eigenvalue weighted by molar-refractivity contribution is -0.122. The molecule has 0 saturated heterocycles. The molecule has 1 aromatic carbocycles. The molecule has 1 aliphatic rings. The molecule has 0 spiro atoms. The molecule has 3 rings (SSSR count). The molecule has 5 heteroatoms. The van der Waals surface area contributed by atoms with E-state index in [0.29, 0.717) is 29.7 Å². The van der Waals surface area contributed by atoms with Crippen molar-refractivity contribution in [3.63, 3.8) is 0 Å². The Morgan fingerprint density at radius 1 is 1.22 bits per heavy atom. The summed E-state index contributed by atoms with van der Waals surface area (Å²) in [6.07, 6.45) is 6.81. The molecule has 2 aromatic rings. The molecular weight excluding hydrogens is 312 g/mol. The zero-order valence-electron chi connectivity index (χ0n) is 13.1. The Hall–Kier alpha value is -1.81. The topological polar surface area (TPSA) is 55.1 Å². The van der Waals surface area contributed by atoms with Crippen molar-refractivity contribution in [3.8, 4) is 11.3 Å². The summed E-state index contributed by atoms with van der Waals surface area (Å²) < 4.78 is 5.33. The monoisotopic (exact) mass is 332 g/mol. The minimum atomic E-state index is 0.105. The van der Waals surface area contributed by atoms with Crippen molar-refractivity contribution in [2.75, 3.05) is 0 Å². The first-order valence-electron chi connectivity index (χ1n) is 8.19. The lowest BCUT2D eigenvalue weighted by Crippen LogP contribution is -2.26. The maximum atomic E-state index is 12.0. The second kappa shape index (κ2) is 7.64. The second-order valence-electron chi connectivity index (χ2n) is 6.17. The first kappa shape index (κ1) is 16.1. The Morgan fingerprint density at radius 3 is 2.70 bits per heavy atom. The van der Waals surface area contributed by atoms with E-state index in [-0.39, 0.29) is 5.91 Å². The predicted molar refractivity (Wildman–Crippen MR) is 90.0 cm³/mol. The van der Waals surface area contributed by atoms with Gasteiger partial charge in [0.15, 0.2) is 5.76 Å². The highest BCUT2D eigenvalue weighted by molar-refractivity contribution is 6.30. The van der Waals surface area contributed by atoms with E-state index < -0.39 is 0 Å². The van der Waals surface area contributed by atoms with Crippen LogP contribution in [0.5, 0.6) is 0 Å². The number of aromatic nitrogens is 1. The van der Waals surface area contributed by atoms with E-state index in [4.69, 9.17) is 16.1 Å². The average Bonchev–Trinajstić information content (AvgIpc) is 3.04. The molecule has 1 heterocycles. The lowest BCUT2D eigenvalue weighted by Gasteiger charge is -2.20. The fourth-order valence-corrected chi connectivity index (χ4v) is 3.19. The molecule has 0 aliphatic heterocycles. The van der Waals surface area contributed by atoms with Gasteiger partial charge in [-0.25, -0.2) is 0 Å². The fraction of sp³-hybridized carbons (Fsp3) is 0.444. The summed E-state index contributed by atoms with van der Waals surface area (Å²) in [5.74, 6) is 1.33. The van der Waals surface area contributed by atoms with Crippen molar-refractivity contribution in [3.05, 3.63) is 41.0 Å². The number of amides is 1. The number of benzene rings is 1. The number of nitrogens with one attached hydrogen (secondary N) is 1. The standard InChI is InChI=1S/C18H21ClN2O2/c19-15-8-6-14(7-9-15)17-11-16(21-23-17)12-20-18(22)10-13-4-2-1-3-5-13/h6-9,11,13H,1-5,10,12H2,(H,20,22). The van der Waals surface area contributed by atoms with Crippen LogP contribution in [0.3, 0.4) is 0 Å². The van der Waals surface area contributed by atoms with Gasteiger partial charge in [-0.15, -0.1) is 0 Å². The third kappa shape index (κ3) is 4.58. The van der Waals surface area contributed by atoms with E-state index >= 15 is 0 Å². The quantitative estimate of drug-likeness (QED) is 0.871. The van der Waals surface area contributed by atoms with E-state index in [1.165, 1.54) is 32.1 Å². The van der Waals surface area contributed by atoms with Gasteiger partial charge in [0.25, 0.3) is 0 Å². The van der Waals surface area contributed by atoms with Gasteiger partial charge in [0.05, 0.1) is 6.54 Å². The zero-order valence-corrected chi connectivity index (χ0v) is 13.8. The molecule has 1 fully saturated rings. The third-order valence-electron chi connectivity index (χ3n) is 4.35. The van der Waals surface area contributed by atoms with Crippen LogP contribution in [0, 0.1) is 5.92 Å². The van der Waals surface area contributed by atoms with Crippen LogP contribution < -0.4 is 5.32 Å². The maximum absolute atomic E-state index is 12.0. The summed E-state index contributed by atoms with van der Waals surface area (Å²) >= 11 is 5.88. The number of rotatable bonds is 5. The van der Waals surface area contributed by atoms with E-state index in [1.54, 1.807) is 0 Å². The molecule has 1 aromatic heterocycles. The maximum Gasteiger partial charge on any atom is 0.220 e. The highest BCUT2D eigenvalue weighted by Gasteiger charge is 2.17. The number of hydrogen-bond acceptors (Lipinski definition) is 3. The van der Waals surface area contributed by atoms with Gasteiger partial charge in [-0.3, -0.25) is 4.79 Å². The van der Waals surface area contributed by atoms with Gasteiger partial charge in [-0.1, -0.05) is 36.0 Å². The molecule has 4 nitrogen and oxygen atoms in total. The number of carbonyl (C=O) groups excluding carboxylic acids is 1. The highest BCUT2D eigenvalue weighted by atomic mass is 35.5. The Labute approximate surface area is 141 Å². The molecule has 23 heavy (non-hydrogen) atoms. The normalized spacial score (nSPS) is 15.5. The van der Waals surface area contributed by atoms with Gasteiger partial charge in [-0.2, -0.15) is 0 Å². The predicted octanol–water partition coefficient (Wildman–Crippen LogP) is 4.58. The molecule has 0 bridgehead atoms. The average molecular weight is 333 g/mol. The van der Waals surface area contributed by atoms with Gasteiger partial charge in [0.1, 0.15) is 5.69 Å². The molecule has 1 saturated carbocycles. The van der Waals surface area contributed by atoms with Crippen LogP contribution in [-0.4, -0.2) is 11.1 Å². The Morgan fingerprint density at radius 2 is 1.96 bits per heavy atom. The first-order chi connectivity index (χ1) is 11.2. The zero-order chi connectivity index (χ0) is 16.1. The lowest BCUT2D eigenvalue weighted by atomic mass is 9.87. The van der Waals surface area contributed by atoms with Crippen LogP contribution in [0.25, 0.3) is 11.3 Å². The molecule has 0 unspecified atom stereocenters. The van der Waals surface area contributed by atoms with Gasteiger partial charge in [-0.05, 0) is 43.0 Å². The number of halogens is 1. The summed E-state index contributed by atoms with van der Waals surface area (Å²) in [5, 5.41) is 7.63. The van der Waals surface area contributed by atoms with Crippen LogP contribution in [0.1, 0.15) is 44.2 Å². The van der Waals surface area contributed by atoms with Crippen molar-refractivity contribution >= 4 is 17.5 Å². The molecular formula is C18H21ClN2O2. The van der Waals surface area contributed by atoms with Gasteiger partial charge >= 0.3 is 0 Å². The van der Waals surface area contributed by atoms with E-state index in [9.17, 15) is 4.79 Å². The largest absolute Gasteiger partial charge is 0.356 e. The van der Waals surface area contributed by atoms with Crippen molar-refractivity contribution in [1.29, 1.82) is 0 Å². The number of nitrogens with zero attached hydrogens (tertiary/aromatic N) is 1. The molecule has 1 amide bonds. The summed E-state index contributed by atoms with van der Waals surface area (Å²) in [5.41, 5.74) is 1.65. The summed E-state index contributed by atoms with van der Waals surface area (Å²) in [7, 11) is 0. The van der Waals surface area contributed by atoms with Crippen molar-refractivity contribution < 1.29 is 9.32 Å². The van der Waals surface area contributed by atoms with E-state index in [2.05, 4.69) is 10.5 Å². The van der Waals surface area contributed by atoms with Crippen molar-refractivity contribution in [2.45, 2.75) is 45.1 Å². The Bertz CT molecular complexity index is 645. The van der Waals surface area contributed by atoms with E-state index in [0.717, 1.165) is 11.3 Å². The highest BCUT2D eigenvalue weighted by Crippen LogP contribution is 2.26. The van der Waals surface area contributed by atoms with Gasteiger partial charge < -0.3 is 9.84 Å². The summed E-state index contributed by atoms with van der Waals surface area (Å²) in [6.45, 7) is 0.405. The van der Waals surface area contributed by atoms with Crippen LogP contribution in [0.15, 0.2) is 34.9 Å². The SMILES string of the molecule is O=C(CC1CCCCC1)NCc1cc(-c2ccc(Cl)cc2)on1. The minimum absolute atomic E-state index is 0.105. The van der Waals surface area contributed by atoms with Crippen LogP contribution in [0.4, 0.5) is 0 Å². The smallest absolute Gasteiger partial charge is 0.220 e. The van der Waals surface area contributed by atoms with Crippen molar-refractivity contribution in [1.82, 2.24) is 10.5 Å². The summed E-state index contributed by atoms with van der Waals surface area (Å²) in [6, 6.07) is 9.24. The summed E-state index contributed by atoms with van der Waals surface area (Å²) in [4.78, 5) is 12.0. The first-order valence-corrected chi connectivity index (χ1v) is 8.57. The Kier molecular flexibility index (Phi) is 5.34. The van der Waals surface area contributed by atoms with Crippen LogP contribution in [-0.2, 0) is 11.3 Å². The van der Waals surface area contributed by atoms with E-state index in [1.807, 2.05) is 30.3 Å². The molecule has 0 atom stereocenters. The molecule has 1 N–H and O–H groups in total. The molecule has 1 aliphatic carbocycles. The third-order valence-corrected chi connectivity index (χ3v) is 4.61. The second-order valence-corrected chi connectivity index (χ2v) is 6.61. The Balaban J connectivity index is 1.50. The number of hydrogen-bond donors (Lipinski definition) is 1. The molecule has 122 valence electrons. The molecule has 0 radical (unpaired) electrons. The number of carbonyl (C=O) groups is 1. The minimum Gasteiger partial charge on any atom is -0.356 e. The van der Waals surface area contributed by atoms with Crippen molar-refractivity contribution in [2.24, 2.45) is 5.92 Å². The van der Waals surface area contributed by atoms with Crippen LogP contribution in [0.2, 0.25) is 5.02 Å². The van der Waals surface area contributed by atoms with Gasteiger partial charge in [0, 0.05) is 23.1 Å².